The van der Waals surface area contributed by atoms with Gasteiger partial charge in [-0.25, -0.2) is 13.1 Å². The first-order valence-corrected chi connectivity index (χ1v) is 10.6. The summed E-state index contributed by atoms with van der Waals surface area (Å²) in [4.78, 5) is 18.5. The predicted octanol–water partition coefficient (Wildman–Crippen LogP) is 2.53. The molecule has 0 atom stereocenters. The summed E-state index contributed by atoms with van der Waals surface area (Å²) in [6.45, 7) is 5.42. The zero-order valence-corrected chi connectivity index (χ0v) is 16.5. The summed E-state index contributed by atoms with van der Waals surface area (Å²) in [5, 5.41) is 0. The van der Waals surface area contributed by atoms with Gasteiger partial charge in [-0.05, 0) is 56.4 Å². The summed E-state index contributed by atoms with van der Waals surface area (Å²) in [7, 11) is -3.52. The fourth-order valence-corrected chi connectivity index (χ4v) is 4.76. The number of hydrogen-bond donors (Lipinski definition) is 1. The molecule has 144 valence electrons. The number of sulfonamides is 1. The molecular weight excluding hydrogens is 362 g/mol. The average molecular weight is 388 g/mol. The van der Waals surface area contributed by atoms with Gasteiger partial charge in [-0.15, -0.1) is 0 Å². The van der Waals surface area contributed by atoms with Crippen molar-refractivity contribution in [2.75, 3.05) is 19.6 Å². The Hall–Kier alpha value is -2.25. The van der Waals surface area contributed by atoms with Crippen LogP contribution in [0.25, 0.3) is 0 Å². The molecule has 2 heterocycles. The van der Waals surface area contributed by atoms with E-state index in [9.17, 15) is 13.2 Å². The van der Waals surface area contributed by atoms with Gasteiger partial charge in [0.1, 0.15) is 0 Å². The SMILES string of the molecule is Cc1ccc(S(=O)(=O)NCC2CCN(C(=O)c3ccncc3)CC2)c(C)c1. The molecule has 1 N–H and O–H groups in total. The Labute approximate surface area is 160 Å². The van der Waals surface area contributed by atoms with E-state index in [0.717, 1.165) is 24.0 Å². The number of nitrogens with one attached hydrogen (secondary N) is 1. The molecule has 6 nitrogen and oxygen atoms in total. The first kappa shape index (κ1) is 19.5. The topological polar surface area (TPSA) is 79.4 Å². The summed E-state index contributed by atoms with van der Waals surface area (Å²) in [5.74, 6) is 0.235. The molecule has 3 rings (SSSR count). The first-order valence-electron chi connectivity index (χ1n) is 9.13. The van der Waals surface area contributed by atoms with Crippen LogP contribution in [0, 0.1) is 19.8 Å². The molecule has 1 saturated heterocycles. The van der Waals surface area contributed by atoms with Gasteiger partial charge in [0.15, 0.2) is 0 Å². The third-order valence-corrected chi connectivity index (χ3v) is 6.59. The fraction of sp³-hybridized carbons (Fsp3) is 0.400. The number of aryl methyl sites for hydroxylation is 2. The van der Waals surface area contributed by atoms with Crippen molar-refractivity contribution in [3.05, 3.63) is 59.4 Å². The monoisotopic (exact) mass is 387 g/mol. The van der Waals surface area contributed by atoms with Gasteiger partial charge in [-0.3, -0.25) is 9.78 Å². The van der Waals surface area contributed by atoms with Crippen LogP contribution in [0.4, 0.5) is 0 Å². The number of pyridine rings is 1. The summed E-state index contributed by atoms with van der Waals surface area (Å²) in [5.41, 5.74) is 2.43. The molecule has 1 amide bonds. The van der Waals surface area contributed by atoms with E-state index >= 15 is 0 Å². The first-order chi connectivity index (χ1) is 12.9. The number of carbonyl (C=O) groups is 1. The fourth-order valence-electron chi connectivity index (χ4n) is 3.42. The van der Waals surface area contributed by atoms with Gasteiger partial charge in [0.05, 0.1) is 4.90 Å². The number of piperidine rings is 1. The van der Waals surface area contributed by atoms with Gasteiger partial charge in [0.2, 0.25) is 10.0 Å². The molecule has 7 heteroatoms. The molecule has 0 bridgehead atoms. The molecule has 0 radical (unpaired) electrons. The molecule has 0 saturated carbocycles. The van der Waals surface area contributed by atoms with Crippen molar-refractivity contribution in [2.45, 2.75) is 31.6 Å². The third-order valence-electron chi connectivity index (χ3n) is 5.01. The van der Waals surface area contributed by atoms with Crippen molar-refractivity contribution < 1.29 is 13.2 Å². The molecule has 27 heavy (non-hydrogen) atoms. The Kier molecular flexibility index (Phi) is 5.92. The lowest BCUT2D eigenvalue weighted by Gasteiger charge is -2.32. The summed E-state index contributed by atoms with van der Waals surface area (Å²) in [6.07, 6.45) is 4.79. The van der Waals surface area contributed by atoms with Crippen LogP contribution in [-0.2, 0) is 10.0 Å². The number of hydrogen-bond acceptors (Lipinski definition) is 4. The number of rotatable bonds is 5. The Morgan fingerprint density at radius 2 is 1.81 bits per heavy atom. The van der Waals surface area contributed by atoms with E-state index in [2.05, 4.69) is 9.71 Å². The largest absolute Gasteiger partial charge is 0.339 e. The Bertz CT molecular complexity index is 905. The second kappa shape index (κ2) is 8.19. The lowest BCUT2D eigenvalue weighted by molar-refractivity contribution is 0.0692. The van der Waals surface area contributed by atoms with Gasteiger partial charge in [0, 0.05) is 37.6 Å². The number of carbonyl (C=O) groups excluding carboxylic acids is 1. The molecule has 1 aliphatic rings. The van der Waals surface area contributed by atoms with E-state index in [1.54, 1.807) is 30.6 Å². The minimum atomic E-state index is -3.52. The maximum atomic E-state index is 12.6. The maximum absolute atomic E-state index is 12.6. The quantitative estimate of drug-likeness (QED) is 0.855. The minimum absolute atomic E-state index is 0.00621. The van der Waals surface area contributed by atoms with Crippen molar-refractivity contribution >= 4 is 15.9 Å². The Morgan fingerprint density at radius 3 is 2.44 bits per heavy atom. The maximum Gasteiger partial charge on any atom is 0.253 e. The average Bonchev–Trinajstić information content (AvgIpc) is 2.67. The summed E-state index contributed by atoms with van der Waals surface area (Å²) in [6, 6.07) is 8.77. The molecule has 0 aliphatic carbocycles. The lowest BCUT2D eigenvalue weighted by atomic mass is 9.97. The van der Waals surface area contributed by atoms with Crippen LogP contribution in [-0.4, -0.2) is 43.8 Å². The number of aromatic nitrogens is 1. The highest BCUT2D eigenvalue weighted by Crippen LogP contribution is 2.20. The van der Waals surface area contributed by atoms with Crippen molar-refractivity contribution in [2.24, 2.45) is 5.92 Å². The standard InChI is InChI=1S/C20H25N3O3S/c1-15-3-4-19(16(2)13-15)27(25,26)22-14-17-7-11-23(12-8-17)20(24)18-5-9-21-10-6-18/h3-6,9-10,13,17,22H,7-8,11-12,14H2,1-2H3. The van der Waals surface area contributed by atoms with Crippen molar-refractivity contribution in [1.82, 2.24) is 14.6 Å². The van der Waals surface area contributed by atoms with Crippen molar-refractivity contribution in [3.8, 4) is 0 Å². The van der Waals surface area contributed by atoms with E-state index in [1.807, 2.05) is 30.9 Å². The zero-order chi connectivity index (χ0) is 19.4. The molecule has 1 aromatic carbocycles. The van der Waals surface area contributed by atoms with Crippen LogP contribution < -0.4 is 4.72 Å². The Morgan fingerprint density at radius 1 is 1.15 bits per heavy atom. The van der Waals surface area contributed by atoms with Crippen LogP contribution in [0.1, 0.15) is 34.3 Å². The smallest absolute Gasteiger partial charge is 0.253 e. The van der Waals surface area contributed by atoms with Gasteiger partial charge in [-0.1, -0.05) is 17.7 Å². The van der Waals surface area contributed by atoms with Gasteiger partial charge < -0.3 is 4.90 Å². The van der Waals surface area contributed by atoms with Crippen LogP contribution in [0.2, 0.25) is 0 Å². The third kappa shape index (κ3) is 4.73. The number of amides is 1. The minimum Gasteiger partial charge on any atom is -0.339 e. The summed E-state index contributed by atoms with van der Waals surface area (Å²) < 4.78 is 27.9. The molecule has 1 fully saturated rings. The van der Waals surface area contributed by atoms with Crippen molar-refractivity contribution in [1.29, 1.82) is 0 Å². The van der Waals surface area contributed by atoms with Gasteiger partial charge in [-0.2, -0.15) is 0 Å². The lowest BCUT2D eigenvalue weighted by Crippen LogP contribution is -2.41. The molecule has 2 aromatic rings. The van der Waals surface area contributed by atoms with E-state index in [4.69, 9.17) is 0 Å². The van der Waals surface area contributed by atoms with Gasteiger partial charge in [0.25, 0.3) is 5.91 Å². The normalized spacial score (nSPS) is 15.7. The Balaban J connectivity index is 1.54. The second-order valence-corrected chi connectivity index (χ2v) is 8.83. The molecule has 0 unspecified atom stereocenters. The predicted molar refractivity (Wildman–Crippen MR) is 104 cm³/mol. The van der Waals surface area contributed by atoms with Crippen molar-refractivity contribution in [3.63, 3.8) is 0 Å². The van der Waals surface area contributed by atoms with E-state index in [0.29, 0.717) is 30.1 Å². The highest BCUT2D eigenvalue weighted by atomic mass is 32.2. The van der Waals surface area contributed by atoms with E-state index < -0.39 is 10.0 Å². The van der Waals surface area contributed by atoms with Crippen LogP contribution in [0.5, 0.6) is 0 Å². The number of likely N-dealkylation sites (tertiary alicyclic amines) is 1. The number of nitrogens with zero attached hydrogens (tertiary/aromatic N) is 2. The van der Waals surface area contributed by atoms with Crippen LogP contribution >= 0.6 is 0 Å². The number of benzene rings is 1. The van der Waals surface area contributed by atoms with Gasteiger partial charge >= 0.3 is 0 Å². The highest BCUT2D eigenvalue weighted by Gasteiger charge is 2.25. The highest BCUT2D eigenvalue weighted by molar-refractivity contribution is 7.89. The second-order valence-electron chi connectivity index (χ2n) is 7.09. The van der Waals surface area contributed by atoms with E-state index in [-0.39, 0.29) is 11.8 Å². The summed E-state index contributed by atoms with van der Waals surface area (Å²) >= 11 is 0. The van der Waals surface area contributed by atoms with Crippen LogP contribution in [0.3, 0.4) is 0 Å². The molecular formula is C20H25N3O3S. The zero-order valence-electron chi connectivity index (χ0n) is 15.7. The van der Waals surface area contributed by atoms with E-state index in [1.165, 1.54) is 0 Å². The van der Waals surface area contributed by atoms with Crippen LogP contribution in [0.15, 0.2) is 47.6 Å². The molecule has 0 spiro atoms. The molecule has 1 aromatic heterocycles. The molecule has 1 aliphatic heterocycles.